The van der Waals surface area contributed by atoms with Gasteiger partial charge in [0.15, 0.2) is 5.60 Å². The molecule has 1 aromatic rings. The second kappa shape index (κ2) is 6.56. The van der Waals surface area contributed by atoms with E-state index in [1.165, 1.54) is 0 Å². The molecule has 1 aromatic carbocycles. The Labute approximate surface area is 133 Å². The highest BCUT2D eigenvalue weighted by atomic mass is 35.5. The Morgan fingerprint density at radius 2 is 2.30 bits per heavy atom. The van der Waals surface area contributed by atoms with Crippen molar-refractivity contribution in [1.29, 1.82) is 0 Å². The highest BCUT2D eigenvalue weighted by Gasteiger charge is 2.39. The minimum Gasteiger partial charge on any atom is -0.379 e. The van der Waals surface area contributed by atoms with Crippen LogP contribution in [0.25, 0.3) is 0 Å². The molecule has 1 saturated heterocycles. The average molecular weight is 334 g/mol. The summed E-state index contributed by atoms with van der Waals surface area (Å²) in [6, 6.07) is 5.22. The molecule has 0 aromatic heterocycles. The van der Waals surface area contributed by atoms with Gasteiger partial charge < -0.3 is 10.4 Å². The summed E-state index contributed by atoms with van der Waals surface area (Å²) >= 11 is 13.6. The Kier molecular flexibility index (Phi) is 5.24. The van der Waals surface area contributed by atoms with Crippen LogP contribution in [-0.2, 0) is 11.2 Å². The molecule has 110 valence electrons. The van der Waals surface area contributed by atoms with Crippen LogP contribution in [-0.4, -0.2) is 34.2 Å². The minimum atomic E-state index is -1.22. The lowest BCUT2D eigenvalue weighted by Crippen LogP contribution is -2.50. The molecule has 2 atom stereocenters. The standard InChI is InChI=1S/C14H17Cl2NO2S/c1-9(6-10-2-3-11(15)7-12(10)16)17-13(18)14(19)4-5-20-8-14/h2-3,7,9,19H,4-6,8H2,1H3,(H,17,18). The van der Waals surface area contributed by atoms with Crippen LogP contribution < -0.4 is 5.32 Å². The smallest absolute Gasteiger partial charge is 0.253 e. The highest BCUT2D eigenvalue weighted by molar-refractivity contribution is 7.99. The maximum Gasteiger partial charge on any atom is 0.253 e. The monoisotopic (exact) mass is 333 g/mol. The topological polar surface area (TPSA) is 49.3 Å². The van der Waals surface area contributed by atoms with E-state index in [1.54, 1.807) is 23.9 Å². The summed E-state index contributed by atoms with van der Waals surface area (Å²) in [5, 5.41) is 14.2. The number of carbonyl (C=O) groups is 1. The van der Waals surface area contributed by atoms with Crippen molar-refractivity contribution < 1.29 is 9.90 Å². The third kappa shape index (κ3) is 3.82. The Bertz CT molecular complexity index is 504. The van der Waals surface area contributed by atoms with Crippen molar-refractivity contribution >= 4 is 40.9 Å². The summed E-state index contributed by atoms with van der Waals surface area (Å²) in [6.07, 6.45) is 1.11. The molecule has 0 bridgehead atoms. The Morgan fingerprint density at radius 1 is 1.55 bits per heavy atom. The first-order valence-electron chi connectivity index (χ1n) is 6.46. The third-order valence-electron chi connectivity index (χ3n) is 3.34. The molecule has 6 heteroatoms. The molecule has 3 nitrogen and oxygen atoms in total. The van der Waals surface area contributed by atoms with Crippen LogP contribution in [0.15, 0.2) is 18.2 Å². The van der Waals surface area contributed by atoms with Gasteiger partial charge in [0, 0.05) is 21.8 Å². The van der Waals surface area contributed by atoms with E-state index in [9.17, 15) is 9.90 Å². The molecule has 0 saturated carbocycles. The number of benzene rings is 1. The molecule has 1 amide bonds. The Balaban J connectivity index is 1.95. The molecule has 2 N–H and O–H groups in total. The largest absolute Gasteiger partial charge is 0.379 e. The van der Waals surface area contributed by atoms with Crippen molar-refractivity contribution in [3.05, 3.63) is 33.8 Å². The number of halogens is 2. The van der Waals surface area contributed by atoms with Crippen LogP contribution in [0, 0.1) is 0 Å². The highest BCUT2D eigenvalue weighted by Crippen LogP contribution is 2.28. The number of hydrogen-bond donors (Lipinski definition) is 2. The second-order valence-corrected chi connectivity index (χ2v) is 7.10. The molecular formula is C14H17Cl2NO2S. The minimum absolute atomic E-state index is 0.101. The number of thioether (sulfide) groups is 1. The maximum absolute atomic E-state index is 12.1. The zero-order valence-electron chi connectivity index (χ0n) is 11.2. The fourth-order valence-electron chi connectivity index (χ4n) is 2.16. The molecule has 1 fully saturated rings. The first kappa shape index (κ1) is 16.0. The van der Waals surface area contributed by atoms with Gasteiger partial charge in [-0.15, -0.1) is 0 Å². The van der Waals surface area contributed by atoms with Gasteiger partial charge in [-0.3, -0.25) is 4.79 Å². The molecule has 1 aliphatic heterocycles. The van der Waals surface area contributed by atoms with Gasteiger partial charge in [0.2, 0.25) is 0 Å². The molecule has 1 aliphatic rings. The Hall–Kier alpha value is -0.420. The van der Waals surface area contributed by atoms with Crippen LogP contribution in [0.4, 0.5) is 0 Å². The van der Waals surface area contributed by atoms with E-state index in [-0.39, 0.29) is 11.9 Å². The van der Waals surface area contributed by atoms with E-state index >= 15 is 0 Å². The number of nitrogens with one attached hydrogen (secondary N) is 1. The number of carbonyl (C=O) groups excluding carboxylic acids is 1. The van der Waals surface area contributed by atoms with Gasteiger partial charge in [0.25, 0.3) is 5.91 Å². The van der Waals surface area contributed by atoms with Gasteiger partial charge in [-0.2, -0.15) is 11.8 Å². The van der Waals surface area contributed by atoms with Crippen molar-refractivity contribution in [3.63, 3.8) is 0 Å². The van der Waals surface area contributed by atoms with Crippen LogP contribution in [0.2, 0.25) is 10.0 Å². The second-order valence-electron chi connectivity index (χ2n) is 5.15. The number of rotatable bonds is 4. The summed E-state index contributed by atoms with van der Waals surface area (Å²) in [5.74, 6) is 0.995. The van der Waals surface area contributed by atoms with Crippen LogP contribution in [0.1, 0.15) is 18.9 Å². The lowest BCUT2D eigenvalue weighted by molar-refractivity contribution is -0.137. The maximum atomic E-state index is 12.1. The average Bonchev–Trinajstić information content (AvgIpc) is 2.81. The molecule has 0 aliphatic carbocycles. The number of hydrogen-bond acceptors (Lipinski definition) is 3. The van der Waals surface area contributed by atoms with Crippen LogP contribution >= 0.6 is 35.0 Å². The first-order chi connectivity index (χ1) is 9.40. The Morgan fingerprint density at radius 3 is 2.90 bits per heavy atom. The van der Waals surface area contributed by atoms with Crippen LogP contribution in [0.3, 0.4) is 0 Å². The third-order valence-corrected chi connectivity index (χ3v) is 5.10. The van der Waals surface area contributed by atoms with Crippen molar-refractivity contribution in [3.8, 4) is 0 Å². The zero-order valence-corrected chi connectivity index (χ0v) is 13.5. The van der Waals surface area contributed by atoms with Crippen molar-refractivity contribution in [2.75, 3.05) is 11.5 Å². The van der Waals surface area contributed by atoms with E-state index in [0.717, 1.165) is 11.3 Å². The summed E-state index contributed by atoms with van der Waals surface area (Å²) in [5.41, 5.74) is -0.292. The van der Waals surface area contributed by atoms with E-state index < -0.39 is 5.60 Å². The number of aliphatic hydroxyl groups is 1. The van der Waals surface area contributed by atoms with E-state index in [4.69, 9.17) is 23.2 Å². The van der Waals surface area contributed by atoms with Gasteiger partial charge in [-0.25, -0.2) is 0 Å². The molecule has 1 heterocycles. The van der Waals surface area contributed by atoms with Crippen molar-refractivity contribution in [1.82, 2.24) is 5.32 Å². The molecule has 0 spiro atoms. The summed E-state index contributed by atoms with van der Waals surface area (Å²) < 4.78 is 0. The predicted molar refractivity (Wildman–Crippen MR) is 84.7 cm³/mol. The van der Waals surface area contributed by atoms with Gasteiger partial charge in [-0.05, 0) is 43.2 Å². The van der Waals surface area contributed by atoms with Gasteiger partial charge >= 0.3 is 0 Å². The summed E-state index contributed by atoms with van der Waals surface area (Å²) in [4.78, 5) is 12.1. The van der Waals surface area contributed by atoms with Gasteiger partial charge in [-0.1, -0.05) is 29.3 Å². The lowest BCUT2D eigenvalue weighted by Gasteiger charge is -2.23. The molecular weight excluding hydrogens is 317 g/mol. The summed E-state index contributed by atoms with van der Waals surface area (Å²) in [7, 11) is 0. The van der Waals surface area contributed by atoms with E-state index in [2.05, 4.69) is 5.32 Å². The normalized spacial score (nSPS) is 23.6. The fourth-order valence-corrected chi connectivity index (χ4v) is 3.88. The predicted octanol–water partition coefficient (Wildman–Crippen LogP) is 2.91. The van der Waals surface area contributed by atoms with Crippen LogP contribution in [0.5, 0.6) is 0 Å². The fraction of sp³-hybridized carbons (Fsp3) is 0.500. The van der Waals surface area contributed by atoms with E-state index in [0.29, 0.717) is 28.6 Å². The zero-order chi connectivity index (χ0) is 14.8. The molecule has 20 heavy (non-hydrogen) atoms. The van der Waals surface area contributed by atoms with E-state index in [1.807, 2.05) is 13.0 Å². The lowest BCUT2D eigenvalue weighted by atomic mass is 10.0. The SMILES string of the molecule is CC(Cc1ccc(Cl)cc1Cl)NC(=O)C1(O)CCSC1. The number of amides is 1. The first-order valence-corrected chi connectivity index (χ1v) is 8.37. The molecule has 2 rings (SSSR count). The van der Waals surface area contributed by atoms with Gasteiger partial charge in [0.1, 0.15) is 0 Å². The summed E-state index contributed by atoms with van der Waals surface area (Å²) in [6.45, 7) is 1.90. The van der Waals surface area contributed by atoms with Crippen molar-refractivity contribution in [2.24, 2.45) is 0 Å². The van der Waals surface area contributed by atoms with Crippen molar-refractivity contribution in [2.45, 2.75) is 31.4 Å². The van der Waals surface area contributed by atoms with Gasteiger partial charge in [0.05, 0.1) is 0 Å². The quantitative estimate of drug-likeness (QED) is 0.890. The molecule has 0 radical (unpaired) electrons. The molecule has 2 unspecified atom stereocenters.